The molecule has 18 heavy (non-hydrogen) atoms. The lowest BCUT2D eigenvalue weighted by atomic mass is 9.71. The van der Waals surface area contributed by atoms with Crippen molar-refractivity contribution in [2.24, 2.45) is 5.41 Å². The molecule has 0 aromatic carbocycles. The molecule has 0 bridgehead atoms. The Balaban J connectivity index is 2.22. The number of ether oxygens (including phenoxy) is 1. The Bertz CT molecular complexity index is 398. The van der Waals surface area contributed by atoms with E-state index in [1.165, 1.54) is 22.7 Å². The number of thiazole rings is 1. The second-order valence-corrected chi connectivity index (χ2v) is 7.65. The van der Waals surface area contributed by atoms with Crippen molar-refractivity contribution in [3.63, 3.8) is 0 Å². The monoisotopic (exact) mass is 267 g/mol. The van der Waals surface area contributed by atoms with Gasteiger partial charge in [-0.25, -0.2) is 4.98 Å². The van der Waals surface area contributed by atoms with Crippen LogP contribution in [-0.4, -0.2) is 12.1 Å². The fourth-order valence-corrected chi connectivity index (χ4v) is 3.74. The van der Waals surface area contributed by atoms with Gasteiger partial charge in [-0.05, 0) is 37.0 Å². The fraction of sp³-hybridized carbons (Fsp3) is 0.800. The van der Waals surface area contributed by atoms with Crippen LogP contribution in [0, 0.1) is 5.41 Å². The van der Waals surface area contributed by atoms with Crippen LogP contribution in [0.1, 0.15) is 69.2 Å². The van der Waals surface area contributed by atoms with Crippen molar-refractivity contribution >= 4 is 11.3 Å². The van der Waals surface area contributed by atoms with E-state index in [1.807, 2.05) is 24.6 Å². The maximum Gasteiger partial charge on any atom is 0.125 e. The Morgan fingerprint density at radius 1 is 1.22 bits per heavy atom. The Morgan fingerprint density at radius 3 is 2.28 bits per heavy atom. The largest absolute Gasteiger partial charge is 0.371 e. The van der Waals surface area contributed by atoms with Gasteiger partial charge in [-0.1, -0.05) is 27.7 Å². The summed E-state index contributed by atoms with van der Waals surface area (Å²) >= 11 is 1.83. The van der Waals surface area contributed by atoms with Gasteiger partial charge in [-0.15, -0.1) is 11.3 Å². The van der Waals surface area contributed by atoms with Gasteiger partial charge in [0.2, 0.25) is 0 Å². The summed E-state index contributed by atoms with van der Waals surface area (Å²) in [6, 6.07) is 0. The minimum absolute atomic E-state index is 0.118. The zero-order chi connectivity index (χ0) is 13.4. The van der Waals surface area contributed by atoms with Crippen LogP contribution in [0.4, 0.5) is 0 Å². The van der Waals surface area contributed by atoms with E-state index < -0.39 is 0 Å². The predicted molar refractivity (Wildman–Crippen MR) is 77.1 cm³/mol. The lowest BCUT2D eigenvalue weighted by Crippen LogP contribution is -2.36. The molecule has 1 aromatic rings. The molecular weight excluding hydrogens is 242 g/mol. The van der Waals surface area contributed by atoms with E-state index >= 15 is 0 Å². The van der Waals surface area contributed by atoms with Crippen molar-refractivity contribution in [2.75, 3.05) is 7.11 Å². The average molecular weight is 267 g/mol. The molecule has 1 saturated carbocycles. The normalized spacial score (nSPS) is 22.3. The van der Waals surface area contributed by atoms with Gasteiger partial charge in [0.1, 0.15) is 10.6 Å². The number of hydrogen-bond acceptors (Lipinski definition) is 3. The van der Waals surface area contributed by atoms with Crippen LogP contribution in [0.15, 0.2) is 6.20 Å². The average Bonchev–Trinajstić information content (AvgIpc) is 2.80. The first-order chi connectivity index (χ1) is 8.38. The highest BCUT2D eigenvalue weighted by Crippen LogP contribution is 2.48. The zero-order valence-electron chi connectivity index (χ0n) is 12.2. The highest BCUT2D eigenvalue weighted by Gasteiger charge is 2.41. The van der Waals surface area contributed by atoms with Gasteiger partial charge in [0.05, 0.1) is 0 Å². The molecule has 1 aromatic heterocycles. The minimum atomic E-state index is -0.118. The Labute approximate surface area is 115 Å². The molecule has 1 aliphatic rings. The number of aromatic nitrogens is 1. The quantitative estimate of drug-likeness (QED) is 0.791. The molecule has 0 saturated heterocycles. The molecule has 0 atom stereocenters. The Morgan fingerprint density at radius 2 is 1.83 bits per heavy atom. The second kappa shape index (κ2) is 4.93. The van der Waals surface area contributed by atoms with Crippen LogP contribution >= 0.6 is 11.3 Å². The lowest BCUT2D eigenvalue weighted by molar-refractivity contribution is -0.0667. The molecule has 0 aliphatic heterocycles. The molecule has 1 heterocycles. The summed E-state index contributed by atoms with van der Waals surface area (Å²) in [7, 11) is 1.84. The van der Waals surface area contributed by atoms with Gasteiger partial charge < -0.3 is 4.74 Å². The van der Waals surface area contributed by atoms with Crippen molar-refractivity contribution in [2.45, 2.75) is 64.9 Å². The van der Waals surface area contributed by atoms with E-state index in [1.54, 1.807) is 0 Å². The van der Waals surface area contributed by atoms with Gasteiger partial charge >= 0.3 is 0 Å². The summed E-state index contributed by atoms with van der Waals surface area (Å²) in [6.45, 7) is 9.16. The standard InChI is InChI=1S/C15H25NOS/c1-11(2)12-10-16-13(18-12)15(17-5)8-6-14(3,4)7-9-15/h10-11H,6-9H2,1-5H3. The Hall–Kier alpha value is -0.410. The fourth-order valence-electron chi connectivity index (χ4n) is 2.60. The number of hydrogen-bond donors (Lipinski definition) is 0. The van der Waals surface area contributed by atoms with Crippen LogP contribution in [0.3, 0.4) is 0 Å². The summed E-state index contributed by atoms with van der Waals surface area (Å²) in [5.41, 5.74) is 0.341. The van der Waals surface area contributed by atoms with Crippen molar-refractivity contribution in [1.29, 1.82) is 0 Å². The van der Waals surface area contributed by atoms with Crippen molar-refractivity contribution in [3.8, 4) is 0 Å². The van der Waals surface area contributed by atoms with Gasteiger partial charge in [-0.3, -0.25) is 0 Å². The van der Waals surface area contributed by atoms with Crippen LogP contribution < -0.4 is 0 Å². The van der Waals surface area contributed by atoms with Gasteiger partial charge in [0, 0.05) is 18.2 Å². The molecule has 1 fully saturated rings. The smallest absolute Gasteiger partial charge is 0.125 e. The number of nitrogens with zero attached hydrogens (tertiary/aromatic N) is 1. The minimum Gasteiger partial charge on any atom is -0.371 e. The summed E-state index contributed by atoms with van der Waals surface area (Å²) in [6.07, 6.45) is 6.67. The van der Waals surface area contributed by atoms with E-state index in [0.29, 0.717) is 11.3 Å². The molecule has 0 amide bonds. The molecule has 102 valence electrons. The van der Waals surface area contributed by atoms with Gasteiger partial charge in [-0.2, -0.15) is 0 Å². The zero-order valence-corrected chi connectivity index (χ0v) is 13.1. The molecular formula is C15H25NOS. The van der Waals surface area contributed by atoms with E-state index in [4.69, 9.17) is 4.74 Å². The van der Waals surface area contributed by atoms with Crippen LogP contribution in [-0.2, 0) is 10.3 Å². The molecule has 2 nitrogen and oxygen atoms in total. The SMILES string of the molecule is COC1(c2ncc(C(C)C)s2)CCC(C)(C)CC1. The molecule has 0 N–H and O–H groups in total. The first-order valence-corrected chi connectivity index (χ1v) is 7.72. The second-order valence-electron chi connectivity index (χ2n) is 6.59. The number of methoxy groups -OCH3 is 1. The molecule has 3 heteroatoms. The summed E-state index contributed by atoms with van der Waals surface area (Å²) in [4.78, 5) is 6.01. The molecule has 1 aliphatic carbocycles. The predicted octanol–water partition coefficient (Wildman–Crippen LogP) is 4.71. The van der Waals surface area contributed by atoms with Gasteiger partial charge in [0.25, 0.3) is 0 Å². The van der Waals surface area contributed by atoms with Crippen LogP contribution in [0.5, 0.6) is 0 Å². The number of rotatable bonds is 3. The van der Waals surface area contributed by atoms with E-state index in [9.17, 15) is 0 Å². The third kappa shape index (κ3) is 2.62. The van der Waals surface area contributed by atoms with E-state index in [-0.39, 0.29) is 5.60 Å². The first kappa shape index (κ1) is 14.0. The third-order valence-corrected chi connectivity index (χ3v) is 5.77. The molecule has 0 unspecified atom stereocenters. The highest BCUT2D eigenvalue weighted by atomic mass is 32.1. The van der Waals surface area contributed by atoms with Crippen LogP contribution in [0.2, 0.25) is 0 Å². The summed E-state index contributed by atoms with van der Waals surface area (Å²) < 4.78 is 5.90. The summed E-state index contributed by atoms with van der Waals surface area (Å²) in [5, 5.41) is 1.18. The highest BCUT2D eigenvalue weighted by molar-refractivity contribution is 7.11. The van der Waals surface area contributed by atoms with Crippen LogP contribution in [0.25, 0.3) is 0 Å². The van der Waals surface area contributed by atoms with E-state index in [0.717, 1.165) is 12.8 Å². The maximum atomic E-state index is 5.90. The molecule has 0 spiro atoms. The maximum absolute atomic E-state index is 5.90. The van der Waals surface area contributed by atoms with Crippen molar-refractivity contribution in [1.82, 2.24) is 4.98 Å². The Kier molecular flexibility index (Phi) is 3.84. The first-order valence-electron chi connectivity index (χ1n) is 6.90. The van der Waals surface area contributed by atoms with Crippen molar-refractivity contribution in [3.05, 3.63) is 16.1 Å². The molecule has 2 rings (SSSR count). The summed E-state index contributed by atoms with van der Waals surface area (Å²) in [5.74, 6) is 0.560. The van der Waals surface area contributed by atoms with Gasteiger partial charge in [0.15, 0.2) is 0 Å². The third-order valence-electron chi connectivity index (χ3n) is 4.28. The van der Waals surface area contributed by atoms with E-state index in [2.05, 4.69) is 32.7 Å². The molecule has 0 radical (unpaired) electrons. The van der Waals surface area contributed by atoms with Crippen molar-refractivity contribution < 1.29 is 4.74 Å². The lowest BCUT2D eigenvalue weighted by Gasteiger charge is -2.41. The topological polar surface area (TPSA) is 22.1 Å².